The Kier molecular flexibility index (Phi) is 5.28. The third-order valence-electron chi connectivity index (χ3n) is 5.20. The van der Waals surface area contributed by atoms with Gasteiger partial charge in [-0.2, -0.15) is 0 Å². The van der Waals surface area contributed by atoms with E-state index in [9.17, 15) is 9.18 Å². The first-order chi connectivity index (χ1) is 11.1. The number of rotatable bonds is 4. The molecule has 1 amide bonds. The van der Waals surface area contributed by atoms with E-state index in [1.54, 1.807) is 12.1 Å². The van der Waals surface area contributed by atoms with Crippen LogP contribution in [0.2, 0.25) is 0 Å². The van der Waals surface area contributed by atoms with Crippen LogP contribution in [0.3, 0.4) is 0 Å². The second-order valence-corrected chi connectivity index (χ2v) is 6.71. The molecule has 3 rings (SSSR count). The molecule has 5 heteroatoms. The average molecular weight is 319 g/mol. The lowest BCUT2D eigenvalue weighted by molar-refractivity contribution is 0.0628. The van der Waals surface area contributed by atoms with Crippen molar-refractivity contribution in [3.63, 3.8) is 0 Å². The van der Waals surface area contributed by atoms with Crippen molar-refractivity contribution in [1.82, 2.24) is 14.7 Å². The number of carbonyl (C=O) groups is 1. The molecule has 2 aliphatic rings. The molecule has 1 aromatic carbocycles. The number of nitrogens with zero attached hydrogens (tertiary/aromatic N) is 3. The minimum absolute atomic E-state index is 0.0141. The molecule has 4 nitrogen and oxygen atoms in total. The van der Waals surface area contributed by atoms with Gasteiger partial charge in [0.25, 0.3) is 5.91 Å². The summed E-state index contributed by atoms with van der Waals surface area (Å²) in [5.74, 6) is -0.288. The summed E-state index contributed by atoms with van der Waals surface area (Å²) in [7, 11) is 2.22. The number of likely N-dealkylation sites (tertiary alicyclic amines) is 1. The number of carbonyl (C=O) groups excluding carboxylic acids is 1. The van der Waals surface area contributed by atoms with Crippen LogP contribution in [-0.2, 0) is 0 Å². The van der Waals surface area contributed by atoms with Crippen LogP contribution in [0.25, 0.3) is 0 Å². The molecule has 0 aliphatic carbocycles. The average Bonchev–Trinajstić information content (AvgIpc) is 2.99. The summed E-state index contributed by atoms with van der Waals surface area (Å²) in [5, 5.41) is 0. The van der Waals surface area contributed by atoms with Crippen molar-refractivity contribution in [2.24, 2.45) is 0 Å². The van der Waals surface area contributed by atoms with Gasteiger partial charge in [-0.3, -0.25) is 9.69 Å². The zero-order chi connectivity index (χ0) is 16.2. The Balaban J connectivity index is 1.44. The van der Waals surface area contributed by atoms with E-state index in [1.165, 1.54) is 37.9 Å². The first-order valence-electron chi connectivity index (χ1n) is 8.61. The van der Waals surface area contributed by atoms with Crippen molar-refractivity contribution in [2.45, 2.75) is 25.3 Å². The molecular weight excluding hydrogens is 293 g/mol. The van der Waals surface area contributed by atoms with Crippen molar-refractivity contribution in [3.05, 3.63) is 35.6 Å². The normalized spacial score (nSPS) is 23.4. The standard InChI is InChI=1S/C18H26FN3O/c1-20-9-2-3-17(20)8-10-21-11-13-22(14-12-21)18(23)15-4-6-16(19)7-5-15/h4-7,17H,2-3,8-14H2,1H3. The van der Waals surface area contributed by atoms with Crippen LogP contribution in [0.4, 0.5) is 4.39 Å². The van der Waals surface area contributed by atoms with Crippen LogP contribution >= 0.6 is 0 Å². The smallest absolute Gasteiger partial charge is 0.253 e. The fraction of sp³-hybridized carbons (Fsp3) is 0.611. The molecule has 23 heavy (non-hydrogen) atoms. The minimum atomic E-state index is -0.303. The fourth-order valence-electron chi connectivity index (χ4n) is 3.63. The van der Waals surface area contributed by atoms with Crippen molar-refractivity contribution in [1.29, 1.82) is 0 Å². The van der Waals surface area contributed by atoms with E-state index in [4.69, 9.17) is 0 Å². The summed E-state index contributed by atoms with van der Waals surface area (Å²) in [6.45, 7) is 5.73. The van der Waals surface area contributed by atoms with Crippen LogP contribution in [-0.4, -0.2) is 73.0 Å². The SMILES string of the molecule is CN1CCCC1CCN1CCN(C(=O)c2ccc(F)cc2)CC1. The van der Waals surface area contributed by atoms with Crippen LogP contribution in [0.15, 0.2) is 24.3 Å². The lowest BCUT2D eigenvalue weighted by Gasteiger charge is -2.35. The molecule has 1 unspecified atom stereocenters. The topological polar surface area (TPSA) is 26.8 Å². The minimum Gasteiger partial charge on any atom is -0.336 e. The van der Waals surface area contributed by atoms with Gasteiger partial charge in [0.15, 0.2) is 0 Å². The summed E-state index contributed by atoms with van der Waals surface area (Å²) < 4.78 is 12.9. The molecule has 2 heterocycles. The van der Waals surface area contributed by atoms with Crippen molar-refractivity contribution < 1.29 is 9.18 Å². The highest BCUT2D eigenvalue weighted by Crippen LogP contribution is 2.18. The highest BCUT2D eigenvalue weighted by molar-refractivity contribution is 5.94. The molecule has 2 fully saturated rings. The summed E-state index contributed by atoms with van der Waals surface area (Å²) in [5.41, 5.74) is 0.576. The third-order valence-corrected chi connectivity index (χ3v) is 5.20. The van der Waals surface area contributed by atoms with E-state index in [0.29, 0.717) is 5.56 Å². The quantitative estimate of drug-likeness (QED) is 0.850. The van der Waals surface area contributed by atoms with Gasteiger partial charge in [0.1, 0.15) is 5.82 Å². The van der Waals surface area contributed by atoms with E-state index < -0.39 is 0 Å². The molecule has 2 saturated heterocycles. The second kappa shape index (κ2) is 7.41. The number of piperazine rings is 1. The monoisotopic (exact) mass is 319 g/mol. The maximum Gasteiger partial charge on any atom is 0.253 e. The maximum atomic E-state index is 12.9. The van der Waals surface area contributed by atoms with E-state index in [1.807, 2.05) is 4.90 Å². The van der Waals surface area contributed by atoms with Gasteiger partial charge in [0, 0.05) is 37.8 Å². The molecule has 0 spiro atoms. The van der Waals surface area contributed by atoms with Gasteiger partial charge in [-0.15, -0.1) is 0 Å². The molecule has 1 atom stereocenters. The van der Waals surface area contributed by atoms with Gasteiger partial charge in [-0.05, 0) is 63.7 Å². The Morgan fingerprint density at radius 3 is 2.43 bits per heavy atom. The first kappa shape index (κ1) is 16.4. The molecule has 0 aromatic heterocycles. The van der Waals surface area contributed by atoms with Gasteiger partial charge < -0.3 is 9.80 Å². The van der Waals surface area contributed by atoms with Gasteiger partial charge in [-0.1, -0.05) is 0 Å². The molecule has 0 N–H and O–H groups in total. The third kappa shape index (κ3) is 4.09. The van der Waals surface area contributed by atoms with E-state index in [2.05, 4.69) is 16.8 Å². The lowest BCUT2D eigenvalue weighted by Crippen LogP contribution is -2.49. The Bertz CT molecular complexity index is 526. The van der Waals surface area contributed by atoms with Gasteiger partial charge in [-0.25, -0.2) is 4.39 Å². The van der Waals surface area contributed by atoms with Crippen LogP contribution in [0.1, 0.15) is 29.6 Å². The Morgan fingerprint density at radius 1 is 1.13 bits per heavy atom. The zero-order valence-electron chi connectivity index (χ0n) is 13.9. The number of hydrogen-bond acceptors (Lipinski definition) is 3. The van der Waals surface area contributed by atoms with E-state index >= 15 is 0 Å². The predicted molar refractivity (Wildman–Crippen MR) is 89.0 cm³/mol. The van der Waals surface area contributed by atoms with E-state index in [-0.39, 0.29) is 11.7 Å². The fourth-order valence-corrected chi connectivity index (χ4v) is 3.63. The summed E-state index contributed by atoms with van der Waals surface area (Å²) >= 11 is 0. The molecular formula is C18H26FN3O. The van der Waals surface area contributed by atoms with Gasteiger partial charge >= 0.3 is 0 Å². The summed E-state index contributed by atoms with van der Waals surface area (Å²) in [6, 6.07) is 6.57. The molecule has 0 saturated carbocycles. The maximum absolute atomic E-state index is 12.9. The summed E-state index contributed by atoms with van der Waals surface area (Å²) in [4.78, 5) is 19.2. The molecule has 1 aromatic rings. The Hall–Kier alpha value is -1.46. The second-order valence-electron chi connectivity index (χ2n) is 6.71. The highest BCUT2D eigenvalue weighted by atomic mass is 19.1. The predicted octanol–water partition coefficient (Wildman–Crippen LogP) is 2.07. The highest BCUT2D eigenvalue weighted by Gasteiger charge is 2.24. The number of benzene rings is 1. The Morgan fingerprint density at radius 2 is 1.83 bits per heavy atom. The molecule has 2 aliphatic heterocycles. The lowest BCUT2D eigenvalue weighted by atomic mass is 10.1. The zero-order valence-corrected chi connectivity index (χ0v) is 13.9. The van der Waals surface area contributed by atoms with Crippen molar-refractivity contribution in [2.75, 3.05) is 46.3 Å². The summed E-state index contributed by atoms with van der Waals surface area (Å²) in [6.07, 6.45) is 3.86. The van der Waals surface area contributed by atoms with E-state index in [0.717, 1.165) is 38.8 Å². The molecule has 126 valence electrons. The van der Waals surface area contributed by atoms with Gasteiger partial charge in [0.2, 0.25) is 0 Å². The van der Waals surface area contributed by atoms with Crippen LogP contribution in [0, 0.1) is 5.82 Å². The van der Waals surface area contributed by atoms with Crippen molar-refractivity contribution in [3.8, 4) is 0 Å². The Labute approximate surface area is 137 Å². The molecule has 0 bridgehead atoms. The van der Waals surface area contributed by atoms with Crippen molar-refractivity contribution >= 4 is 5.91 Å². The van der Waals surface area contributed by atoms with Crippen LogP contribution in [0.5, 0.6) is 0 Å². The molecule has 0 radical (unpaired) electrons. The van der Waals surface area contributed by atoms with Crippen LogP contribution < -0.4 is 0 Å². The van der Waals surface area contributed by atoms with Gasteiger partial charge in [0.05, 0.1) is 0 Å². The largest absolute Gasteiger partial charge is 0.336 e. The number of amides is 1. The number of halogens is 1. The number of hydrogen-bond donors (Lipinski definition) is 0. The first-order valence-corrected chi connectivity index (χ1v) is 8.61.